The molecule has 3 aliphatic rings. The van der Waals surface area contributed by atoms with Crippen LogP contribution in [0.15, 0.2) is 0 Å². The largest absolute Gasteiger partial charge is 0.378 e. The molecule has 112 valence electrons. The number of ether oxygens (including phenoxy) is 1. The maximum Gasteiger partial charge on any atom is 0.236 e. The van der Waals surface area contributed by atoms with Crippen LogP contribution in [0.4, 0.5) is 0 Å². The van der Waals surface area contributed by atoms with Crippen LogP contribution in [0.2, 0.25) is 0 Å². The third-order valence-corrected chi connectivity index (χ3v) is 4.93. The zero-order chi connectivity index (χ0) is 13.9. The number of ketones is 1. The van der Waals surface area contributed by atoms with Gasteiger partial charge in [0.05, 0.1) is 19.8 Å². The Bertz CT molecular complexity index is 379. The minimum Gasteiger partial charge on any atom is -0.378 e. The van der Waals surface area contributed by atoms with Gasteiger partial charge in [-0.2, -0.15) is 0 Å². The zero-order valence-electron chi connectivity index (χ0n) is 12.1. The highest BCUT2D eigenvalue weighted by Gasteiger charge is 2.39. The normalized spacial score (nSPS) is 32.0. The Labute approximate surface area is 120 Å². The van der Waals surface area contributed by atoms with Crippen molar-refractivity contribution in [1.29, 1.82) is 0 Å². The predicted octanol–water partition coefficient (Wildman–Crippen LogP) is 0.679. The standard InChI is InChI=1S/C15H24N2O3/c18-14-5-1-3-12(14)13-4-2-6-17(13)11-15(19)16-7-9-20-10-8-16/h12-13H,1-11H2. The molecule has 0 bridgehead atoms. The van der Waals surface area contributed by atoms with Crippen LogP contribution in [-0.4, -0.2) is 66.9 Å². The van der Waals surface area contributed by atoms with Gasteiger partial charge in [-0.25, -0.2) is 0 Å². The minimum absolute atomic E-state index is 0.190. The Hall–Kier alpha value is -0.940. The Kier molecular flexibility index (Phi) is 4.36. The first-order valence-corrected chi connectivity index (χ1v) is 7.88. The summed E-state index contributed by atoms with van der Waals surface area (Å²) in [5.41, 5.74) is 0. The van der Waals surface area contributed by atoms with Crippen LogP contribution in [0.5, 0.6) is 0 Å². The molecule has 3 fully saturated rings. The molecule has 2 saturated heterocycles. The maximum atomic E-state index is 12.3. The molecule has 2 aliphatic heterocycles. The fourth-order valence-corrected chi connectivity index (χ4v) is 3.84. The molecule has 0 aromatic heterocycles. The van der Waals surface area contributed by atoms with Gasteiger partial charge in [0, 0.05) is 31.5 Å². The summed E-state index contributed by atoms with van der Waals surface area (Å²) in [6.07, 6.45) is 4.99. The molecule has 0 radical (unpaired) electrons. The van der Waals surface area contributed by atoms with Crippen molar-refractivity contribution < 1.29 is 14.3 Å². The molecule has 3 rings (SSSR count). The van der Waals surface area contributed by atoms with Gasteiger partial charge in [-0.3, -0.25) is 14.5 Å². The summed E-state index contributed by atoms with van der Waals surface area (Å²) in [4.78, 5) is 28.4. The number of amides is 1. The first kappa shape index (κ1) is 14.0. The predicted molar refractivity (Wildman–Crippen MR) is 74.3 cm³/mol. The number of morpholine rings is 1. The Morgan fingerprint density at radius 1 is 1.15 bits per heavy atom. The van der Waals surface area contributed by atoms with Crippen LogP contribution in [0.25, 0.3) is 0 Å². The molecule has 0 N–H and O–H groups in total. The van der Waals surface area contributed by atoms with E-state index in [2.05, 4.69) is 4.90 Å². The van der Waals surface area contributed by atoms with Crippen molar-refractivity contribution in [2.75, 3.05) is 39.4 Å². The van der Waals surface area contributed by atoms with E-state index in [1.807, 2.05) is 4.90 Å². The van der Waals surface area contributed by atoms with Gasteiger partial charge < -0.3 is 9.64 Å². The second-order valence-electron chi connectivity index (χ2n) is 6.14. The number of nitrogens with zero attached hydrogens (tertiary/aromatic N) is 2. The van der Waals surface area contributed by atoms with Crippen LogP contribution < -0.4 is 0 Å². The number of carbonyl (C=O) groups excluding carboxylic acids is 2. The SMILES string of the molecule is O=C1CCCC1C1CCCN1CC(=O)N1CCOCC1. The van der Waals surface area contributed by atoms with Gasteiger partial charge in [-0.1, -0.05) is 0 Å². The van der Waals surface area contributed by atoms with Crippen molar-refractivity contribution in [2.24, 2.45) is 5.92 Å². The van der Waals surface area contributed by atoms with Crippen molar-refractivity contribution >= 4 is 11.7 Å². The molecule has 1 amide bonds. The summed E-state index contributed by atoms with van der Waals surface area (Å²) in [7, 11) is 0. The summed E-state index contributed by atoms with van der Waals surface area (Å²) >= 11 is 0. The summed E-state index contributed by atoms with van der Waals surface area (Å²) in [6, 6.07) is 0.315. The van der Waals surface area contributed by atoms with Crippen molar-refractivity contribution in [3.8, 4) is 0 Å². The highest BCUT2D eigenvalue weighted by molar-refractivity contribution is 5.84. The second-order valence-corrected chi connectivity index (χ2v) is 6.14. The summed E-state index contributed by atoms with van der Waals surface area (Å²) in [5, 5.41) is 0. The zero-order valence-corrected chi connectivity index (χ0v) is 12.1. The molecule has 2 unspecified atom stereocenters. The molecule has 0 aromatic carbocycles. The van der Waals surface area contributed by atoms with Gasteiger partial charge in [0.2, 0.25) is 5.91 Å². The molecular formula is C15H24N2O3. The highest BCUT2D eigenvalue weighted by Crippen LogP contribution is 2.33. The highest BCUT2D eigenvalue weighted by atomic mass is 16.5. The monoisotopic (exact) mass is 280 g/mol. The first-order chi connectivity index (χ1) is 9.75. The number of rotatable bonds is 3. The van der Waals surface area contributed by atoms with Crippen LogP contribution in [-0.2, 0) is 14.3 Å². The van der Waals surface area contributed by atoms with Gasteiger partial charge in [-0.15, -0.1) is 0 Å². The number of carbonyl (C=O) groups is 2. The summed E-state index contributed by atoms with van der Waals surface area (Å²) in [5.74, 6) is 0.807. The van der Waals surface area contributed by atoms with Gasteiger partial charge in [0.1, 0.15) is 5.78 Å². The lowest BCUT2D eigenvalue weighted by Gasteiger charge is -2.32. The van der Waals surface area contributed by atoms with Gasteiger partial charge >= 0.3 is 0 Å². The smallest absolute Gasteiger partial charge is 0.236 e. The quantitative estimate of drug-likeness (QED) is 0.763. The molecule has 0 spiro atoms. The molecule has 2 atom stereocenters. The van der Waals surface area contributed by atoms with E-state index in [0.29, 0.717) is 44.7 Å². The van der Waals surface area contributed by atoms with Crippen molar-refractivity contribution in [3.63, 3.8) is 0 Å². The van der Waals surface area contributed by atoms with Crippen molar-refractivity contribution in [2.45, 2.75) is 38.1 Å². The van der Waals surface area contributed by atoms with Crippen LogP contribution >= 0.6 is 0 Å². The summed E-state index contributed by atoms with van der Waals surface area (Å²) < 4.78 is 5.28. The van der Waals surface area contributed by atoms with Gasteiger partial charge in [-0.05, 0) is 32.2 Å². The molecule has 5 nitrogen and oxygen atoms in total. The number of Topliss-reactive ketones (excluding diaryl/α,β-unsaturated/α-hetero) is 1. The number of hydrogen-bond acceptors (Lipinski definition) is 4. The fourth-order valence-electron chi connectivity index (χ4n) is 3.84. The molecule has 1 saturated carbocycles. The average molecular weight is 280 g/mol. The minimum atomic E-state index is 0.190. The van der Waals surface area contributed by atoms with E-state index < -0.39 is 0 Å². The number of hydrogen-bond donors (Lipinski definition) is 0. The van der Waals surface area contributed by atoms with Crippen LogP contribution in [0, 0.1) is 5.92 Å². The third kappa shape index (κ3) is 2.88. The lowest BCUT2D eigenvalue weighted by molar-refractivity contribution is -0.137. The Balaban J connectivity index is 1.58. The van der Waals surface area contributed by atoms with E-state index in [-0.39, 0.29) is 11.8 Å². The van der Waals surface area contributed by atoms with Gasteiger partial charge in [0.25, 0.3) is 0 Å². The average Bonchev–Trinajstić information content (AvgIpc) is 3.08. The van der Waals surface area contributed by atoms with Crippen molar-refractivity contribution in [3.05, 3.63) is 0 Å². The fraction of sp³-hybridized carbons (Fsp3) is 0.867. The van der Waals surface area contributed by atoms with E-state index in [1.165, 1.54) is 0 Å². The molecular weight excluding hydrogens is 256 g/mol. The van der Waals surface area contributed by atoms with Gasteiger partial charge in [0.15, 0.2) is 0 Å². The maximum absolute atomic E-state index is 12.3. The molecule has 20 heavy (non-hydrogen) atoms. The lowest BCUT2D eigenvalue weighted by atomic mass is 9.95. The first-order valence-electron chi connectivity index (χ1n) is 7.88. The van der Waals surface area contributed by atoms with E-state index >= 15 is 0 Å². The van der Waals surface area contributed by atoms with Crippen molar-refractivity contribution in [1.82, 2.24) is 9.80 Å². The topological polar surface area (TPSA) is 49.9 Å². The lowest BCUT2D eigenvalue weighted by Crippen LogP contribution is -2.48. The molecule has 1 aliphatic carbocycles. The number of likely N-dealkylation sites (tertiary alicyclic amines) is 1. The van der Waals surface area contributed by atoms with E-state index in [9.17, 15) is 9.59 Å². The summed E-state index contributed by atoms with van der Waals surface area (Å²) in [6.45, 7) is 4.16. The molecule has 5 heteroatoms. The molecule has 2 heterocycles. The third-order valence-electron chi connectivity index (χ3n) is 4.93. The molecule has 0 aromatic rings. The van der Waals surface area contributed by atoms with Crippen LogP contribution in [0.3, 0.4) is 0 Å². The van der Waals surface area contributed by atoms with E-state index in [4.69, 9.17) is 4.74 Å². The van der Waals surface area contributed by atoms with Crippen LogP contribution in [0.1, 0.15) is 32.1 Å². The Morgan fingerprint density at radius 3 is 2.65 bits per heavy atom. The van der Waals surface area contributed by atoms with E-state index in [0.717, 1.165) is 38.6 Å². The second kappa shape index (κ2) is 6.22. The Morgan fingerprint density at radius 2 is 1.95 bits per heavy atom. The van der Waals surface area contributed by atoms with E-state index in [1.54, 1.807) is 0 Å².